The molecule has 1 aromatic rings. The predicted octanol–water partition coefficient (Wildman–Crippen LogP) is 0.164. The molecule has 0 saturated carbocycles. The standard InChI is InChI=1S/C15H27N3O6Si/c1-15(2,3)25(4,5)24-12-11(17-22)9(8-19)23-13(12)18-7-6-10(20)16-14(18)21/h6-7,9,11-13,17,19,22H,8H2,1-5H3,(H,16,20,21)/t9-,11-,12-,13-/m1/s1. The highest BCUT2D eigenvalue weighted by molar-refractivity contribution is 6.74. The molecule has 1 aliphatic rings. The van der Waals surface area contributed by atoms with Gasteiger partial charge in [-0.3, -0.25) is 14.3 Å². The lowest BCUT2D eigenvalue weighted by atomic mass is 10.1. The predicted molar refractivity (Wildman–Crippen MR) is 93.1 cm³/mol. The number of H-pyrrole nitrogens is 1. The molecule has 0 radical (unpaired) electrons. The molecule has 10 heteroatoms. The van der Waals surface area contributed by atoms with E-state index in [1.54, 1.807) is 0 Å². The van der Waals surface area contributed by atoms with Gasteiger partial charge in [0, 0.05) is 12.3 Å². The third kappa shape index (κ3) is 3.94. The van der Waals surface area contributed by atoms with Crippen LogP contribution in [-0.4, -0.2) is 53.0 Å². The molecule has 0 amide bonds. The van der Waals surface area contributed by atoms with E-state index in [-0.39, 0.29) is 11.6 Å². The highest BCUT2D eigenvalue weighted by Gasteiger charge is 2.50. The summed E-state index contributed by atoms with van der Waals surface area (Å²) in [6.07, 6.45) is -1.04. The topological polar surface area (TPSA) is 126 Å². The molecule has 142 valence electrons. The number of aromatic nitrogens is 2. The van der Waals surface area contributed by atoms with Crippen LogP contribution in [0.2, 0.25) is 18.1 Å². The van der Waals surface area contributed by atoms with E-state index < -0.39 is 44.0 Å². The average Bonchev–Trinajstić information content (AvgIpc) is 2.83. The van der Waals surface area contributed by atoms with Crippen molar-refractivity contribution in [3.05, 3.63) is 33.1 Å². The Kier molecular flexibility index (Phi) is 5.71. The van der Waals surface area contributed by atoms with Crippen molar-refractivity contribution in [3.63, 3.8) is 0 Å². The molecule has 1 saturated heterocycles. The zero-order chi connectivity index (χ0) is 19.0. The van der Waals surface area contributed by atoms with E-state index >= 15 is 0 Å². The van der Waals surface area contributed by atoms with Crippen LogP contribution in [0, 0.1) is 0 Å². The Bertz CT molecular complexity index is 710. The van der Waals surface area contributed by atoms with E-state index in [1.807, 2.05) is 13.1 Å². The Morgan fingerprint density at radius 1 is 1.40 bits per heavy atom. The third-order valence-corrected chi connectivity index (χ3v) is 9.51. The number of rotatable bonds is 5. The fourth-order valence-corrected chi connectivity index (χ4v) is 3.84. The Hall–Kier alpha value is -1.30. The molecule has 0 spiro atoms. The van der Waals surface area contributed by atoms with Crippen molar-refractivity contribution in [3.8, 4) is 0 Å². The maximum atomic E-state index is 12.2. The molecule has 1 aromatic heterocycles. The molecule has 25 heavy (non-hydrogen) atoms. The zero-order valence-electron chi connectivity index (χ0n) is 15.1. The Labute approximate surface area is 146 Å². The minimum Gasteiger partial charge on any atom is -0.408 e. The van der Waals surface area contributed by atoms with Crippen molar-refractivity contribution in [1.29, 1.82) is 0 Å². The van der Waals surface area contributed by atoms with Gasteiger partial charge in [-0.25, -0.2) is 4.79 Å². The summed E-state index contributed by atoms with van der Waals surface area (Å²) in [5, 5.41) is 19.0. The number of hydrogen-bond acceptors (Lipinski definition) is 7. The van der Waals surface area contributed by atoms with Gasteiger partial charge in [-0.05, 0) is 18.1 Å². The first kappa shape index (κ1) is 20.0. The number of nitrogens with one attached hydrogen (secondary N) is 2. The first-order valence-corrected chi connectivity index (χ1v) is 11.1. The Morgan fingerprint density at radius 3 is 2.52 bits per heavy atom. The molecule has 0 unspecified atom stereocenters. The summed E-state index contributed by atoms with van der Waals surface area (Å²) in [5.74, 6) is 0. The number of hydrogen-bond donors (Lipinski definition) is 4. The molecule has 4 atom stereocenters. The van der Waals surface area contributed by atoms with E-state index in [1.165, 1.54) is 16.8 Å². The van der Waals surface area contributed by atoms with Crippen molar-refractivity contribution in [1.82, 2.24) is 15.0 Å². The van der Waals surface area contributed by atoms with Crippen LogP contribution in [0.25, 0.3) is 0 Å². The average molecular weight is 373 g/mol. The second-order valence-corrected chi connectivity index (χ2v) is 12.5. The zero-order valence-corrected chi connectivity index (χ0v) is 16.1. The normalized spacial score (nSPS) is 27.6. The maximum Gasteiger partial charge on any atom is 0.330 e. The third-order valence-electron chi connectivity index (χ3n) is 5.04. The molecule has 2 rings (SSSR count). The quantitative estimate of drug-likeness (QED) is 0.428. The van der Waals surface area contributed by atoms with Gasteiger partial charge in [0.1, 0.15) is 12.2 Å². The van der Waals surface area contributed by atoms with E-state index in [4.69, 9.17) is 9.16 Å². The van der Waals surface area contributed by atoms with Gasteiger partial charge in [-0.1, -0.05) is 20.8 Å². The van der Waals surface area contributed by atoms with Crippen LogP contribution in [0.5, 0.6) is 0 Å². The van der Waals surface area contributed by atoms with Crippen molar-refractivity contribution in [2.45, 2.75) is 63.4 Å². The summed E-state index contributed by atoms with van der Waals surface area (Å²) in [7, 11) is -2.27. The lowest BCUT2D eigenvalue weighted by Gasteiger charge is -2.40. The monoisotopic (exact) mass is 373 g/mol. The SMILES string of the molecule is CC(C)(C)[Si](C)(C)O[C@@H]1[C@H](NO)[C@@H](CO)O[C@H]1n1ccc(=O)[nH]c1=O. The van der Waals surface area contributed by atoms with Crippen LogP contribution in [0.15, 0.2) is 21.9 Å². The van der Waals surface area contributed by atoms with Crippen LogP contribution >= 0.6 is 0 Å². The fourth-order valence-electron chi connectivity index (χ4n) is 2.54. The Balaban J connectivity index is 2.45. The summed E-state index contributed by atoms with van der Waals surface area (Å²) < 4.78 is 13.3. The van der Waals surface area contributed by atoms with Crippen molar-refractivity contribution >= 4 is 8.32 Å². The lowest BCUT2D eigenvalue weighted by molar-refractivity contribution is -0.0517. The molecule has 4 N–H and O–H groups in total. The molecule has 1 aliphatic heterocycles. The van der Waals surface area contributed by atoms with Gasteiger partial charge in [0.15, 0.2) is 14.5 Å². The smallest absolute Gasteiger partial charge is 0.330 e. The second-order valence-electron chi connectivity index (χ2n) is 7.76. The molecule has 0 aromatic carbocycles. The summed E-state index contributed by atoms with van der Waals surface area (Å²) >= 11 is 0. The minimum atomic E-state index is -2.27. The minimum absolute atomic E-state index is 0.106. The molecular weight excluding hydrogens is 346 g/mol. The summed E-state index contributed by atoms with van der Waals surface area (Å²) in [5.41, 5.74) is 0.986. The number of aliphatic hydroxyl groups is 1. The number of hydroxylamine groups is 1. The van der Waals surface area contributed by atoms with Gasteiger partial charge in [0.05, 0.1) is 12.6 Å². The molecule has 0 aliphatic carbocycles. The molecule has 0 bridgehead atoms. The number of aromatic amines is 1. The maximum absolute atomic E-state index is 12.2. The van der Waals surface area contributed by atoms with E-state index in [9.17, 15) is 19.9 Å². The van der Waals surface area contributed by atoms with Crippen LogP contribution in [-0.2, 0) is 9.16 Å². The van der Waals surface area contributed by atoms with Gasteiger partial charge in [0.25, 0.3) is 5.56 Å². The molecule has 9 nitrogen and oxygen atoms in total. The van der Waals surface area contributed by atoms with Crippen LogP contribution in [0.4, 0.5) is 0 Å². The Morgan fingerprint density at radius 2 is 2.04 bits per heavy atom. The van der Waals surface area contributed by atoms with E-state index in [2.05, 4.69) is 31.2 Å². The van der Waals surface area contributed by atoms with Crippen molar-refractivity contribution < 1.29 is 19.5 Å². The first-order valence-electron chi connectivity index (χ1n) is 8.17. The second kappa shape index (κ2) is 7.14. The summed E-state index contributed by atoms with van der Waals surface area (Å²) in [4.78, 5) is 25.7. The van der Waals surface area contributed by atoms with Crippen LogP contribution in [0.3, 0.4) is 0 Å². The first-order chi connectivity index (χ1) is 11.5. The molecule has 1 fully saturated rings. The van der Waals surface area contributed by atoms with Gasteiger partial charge >= 0.3 is 5.69 Å². The summed E-state index contributed by atoms with van der Waals surface area (Å²) in [6.45, 7) is 9.94. The van der Waals surface area contributed by atoms with Gasteiger partial charge in [-0.2, -0.15) is 5.48 Å². The van der Waals surface area contributed by atoms with Crippen molar-refractivity contribution in [2.75, 3.05) is 6.61 Å². The summed E-state index contributed by atoms with van der Waals surface area (Å²) in [6, 6.07) is 0.491. The largest absolute Gasteiger partial charge is 0.408 e. The lowest BCUT2D eigenvalue weighted by Crippen LogP contribution is -2.53. The van der Waals surface area contributed by atoms with Gasteiger partial charge in [-0.15, -0.1) is 0 Å². The van der Waals surface area contributed by atoms with E-state index in [0.29, 0.717) is 0 Å². The van der Waals surface area contributed by atoms with Gasteiger partial charge < -0.3 is 19.5 Å². The molecule has 2 heterocycles. The van der Waals surface area contributed by atoms with Crippen LogP contribution < -0.4 is 16.7 Å². The van der Waals surface area contributed by atoms with Crippen molar-refractivity contribution in [2.24, 2.45) is 0 Å². The van der Waals surface area contributed by atoms with Crippen LogP contribution in [0.1, 0.15) is 27.0 Å². The fraction of sp³-hybridized carbons (Fsp3) is 0.733. The number of nitrogens with zero attached hydrogens (tertiary/aromatic N) is 1. The number of ether oxygens (including phenoxy) is 1. The highest BCUT2D eigenvalue weighted by Crippen LogP contribution is 2.41. The molecular formula is C15H27N3O6Si. The van der Waals surface area contributed by atoms with Gasteiger partial charge in [0.2, 0.25) is 0 Å². The van der Waals surface area contributed by atoms with E-state index in [0.717, 1.165) is 0 Å². The number of aliphatic hydroxyl groups excluding tert-OH is 1. The highest BCUT2D eigenvalue weighted by atomic mass is 28.4.